The van der Waals surface area contributed by atoms with Crippen LogP contribution in [-0.2, 0) is 14.3 Å². The number of para-hydroxylation sites is 2. The number of nitrogens with one attached hydrogen (secondary N) is 1. The van der Waals surface area contributed by atoms with Gasteiger partial charge in [-0.05, 0) is 43.7 Å². The van der Waals surface area contributed by atoms with Crippen LogP contribution in [0.5, 0.6) is 0 Å². The van der Waals surface area contributed by atoms with Crippen molar-refractivity contribution in [3.05, 3.63) is 65.7 Å². The van der Waals surface area contributed by atoms with E-state index in [9.17, 15) is 14.4 Å². The zero-order chi connectivity index (χ0) is 20.8. The molecule has 3 rings (SSSR count). The van der Waals surface area contributed by atoms with E-state index in [-0.39, 0.29) is 11.5 Å². The third-order valence-electron chi connectivity index (χ3n) is 4.18. The van der Waals surface area contributed by atoms with Crippen LogP contribution in [0.2, 0.25) is 0 Å². The summed E-state index contributed by atoms with van der Waals surface area (Å²) in [5.41, 5.74) is 2.74. The molecule has 0 aliphatic rings. The van der Waals surface area contributed by atoms with Gasteiger partial charge in [-0.25, -0.2) is 4.98 Å². The number of pyridine rings is 1. The number of esters is 1. The predicted octanol–water partition coefficient (Wildman–Crippen LogP) is 4.02. The minimum absolute atomic E-state index is 0.0437. The van der Waals surface area contributed by atoms with Crippen molar-refractivity contribution < 1.29 is 19.1 Å². The fraction of sp³-hybridized carbons (Fsp3) is 0.182. The lowest BCUT2D eigenvalue weighted by Crippen LogP contribution is -2.22. The first-order valence-electron chi connectivity index (χ1n) is 8.98. The topological polar surface area (TPSA) is 85.4 Å². The second-order valence-corrected chi connectivity index (χ2v) is 7.39. The number of amides is 1. The Labute approximate surface area is 172 Å². The molecule has 0 aliphatic carbocycles. The maximum absolute atomic E-state index is 12.0. The molecule has 3 aromatic rings. The van der Waals surface area contributed by atoms with Crippen molar-refractivity contribution in [2.75, 3.05) is 17.7 Å². The molecule has 0 spiro atoms. The van der Waals surface area contributed by atoms with Crippen molar-refractivity contribution in [1.29, 1.82) is 0 Å². The van der Waals surface area contributed by atoms with E-state index in [0.717, 1.165) is 21.5 Å². The number of benzene rings is 2. The number of ether oxygens (including phenoxy) is 1. The first-order valence-corrected chi connectivity index (χ1v) is 9.97. The van der Waals surface area contributed by atoms with Gasteiger partial charge in [0.2, 0.25) is 0 Å². The van der Waals surface area contributed by atoms with Gasteiger partial charge in [0.25, 0.3) is 5.91 Å². The van der Waals surface area contributed by atoms with Crippen LogP contribution in [0.4, 0.5) is 5.69 Å². The quantitative estimate of drug-likeness (QED) is 0.361. The summed E-state index contributed by atoms with van der Waals surface area (Å²) in [5.74, 6) is -1.14. The van der Waals surface area contributed by atoms with Gasteiger partial charge in [-0.15, -0.1) is 0 Å². The van der Waals surface area contributed by atoms with Crippen LogP contribution in [0.25, 0.3) is 10.9 Å². The molecular formula is C22H20N2O4S. The van der Waals surface area contributed by atoms with Crippen molar-refractivity contribution in [2.24, 2.45) is 0 Å². The summed E-state index contributed by atoms with van der Waals surface area (Å²) in [7, 11) is 0. The van der Waals surface area contributed by atoms with Crippen molar-refractivity contribution in [3.8, 4) is 0 Å². The van der Waals surface area contributed by atoms with Crippen LogP contribution >= 0.6 is 11.8 Å². The molecule has 1 aromatic heterocycles. The Morgan fingerprint density at radius 2 is 1.79 bits per heavy atom. The van der Waals surface area contributed by atoms with Crippen LogP contribution in [0.15, 0.2) is 59.6 Å². The van der Waals surface area contributed by atoms with Gasteiger partial charge >= 0.3 is 5.97 Å². The van der Waals surface area contributed by atoms with Gasteiger partial charge < -0.3 is 10.1 Å². The molecule has 0 bridgehead atoms. The highest BCUT2D eigenvalue weighted by molar-refractivity contribution is 7.99. The Hall–Kier alpha value is -3.19. The lowest BCUT2D eigenvalue weighted by molar-refractivity contribution is -0.144. The number of Topliss-reactive ketones (excluding diaryl/α,β-unsaturated/α-hetero) is 1. The number of carbonyl (C=O) groups excluding carboxylic acids is 3. The van der Waals surface area contributed by atoms with Crippen molar-refractivity contribution >= 4 is 46.0 Å². The summed E-state index contributed by atoms with van der Waals surface area (Å²) in [6.45, 7) is 3.00. The number of carbonyl (C=O) groups is 3. The Morgan fingerprint density at radius 1 is 1.07 bits per heavy atom. The van der Waals surface area contributed by atoms with Crippen molar-refractivity contribution in [1.82, 2.24) is 4.98 Å². The molecule has 6 nitrogen and oxygen atoms in total. The molecule has 0 radical (unpaired) electrons. The van der Waals surface area contributed by atoms with Gasteiger partial charge in [0.15, 0.2) is 12.4 Å². The van der Waals surface area contributed by atoms with Gasteiger partial charge in [-0.3, -0.25) is 14.4 Å². The van der Waals surface area contributed by atoms with E-state index in [1.165, 1.54) is 18.7 Å². The highest BCUT2D eigenvalue weighted by Gasteiger charge is 2.13. The maximum Gasteiger partial charge on any atom is 0.316 e. The monoisotopic (exact) mass is 408 g/mol. The van der Waals surface area contributed by atoms with Gasteiger partial charge in [-0.2, -0.15) is 0 Å². The number of anilines is 1. The summed E-state index contributed by atoms with van der Waals surface area (Å²) >= 11 is 1.26. The average molecular weight is 408 g/mol. The third-order valence-corrected chi connectivity index (χ3v) is 5.07. The molecule has 1 heterocycles. The van der Waals surface area contributed by atoms with Crippen LogP contribution < -0.4 is 5.32 Å². The molecule has 2 aromatic carbocycles. The van der Waals surface area contributed by atoms with E-state index in [0.29, 0.717) is 11.3 Å². The van der Waals surface area contributed by atoms with Gasteiger partial charge in [0.05, 0.1) is 22.0 Å². The molecule has 0 atom stereocenters. The molecule has 0 unspecified atom stereocenters. The molecular weight excluding hydrogens is 388 g/mol. The number of hydrogen-bond donors (Lipinski definition) is 1. The van der Waals surface area contributed by atoms with Crippen LogP contribution in [0.3, 0.4) is 0 Å². The number of nitrogens with zero attached hydrogens (tertiary/aromatic N) is 1. The number of ketones is 1. The molecule has 1 amide bonds. The standard InChI is InChI=1S/C22H20N2O4S/c1-14-11-21(24-18-9-5-3-7-16(14)18)29-13-22(27)28-12-20(26)23-19-10-6-4-8-17(19)15(2)25/h3-11H,12-13H2,1-2H3,(H,23,26). The van der Waals surface area contributed by atoms with E-state index in [4.69, 9.17) is 4.74 Å². The first kappa shape index (κ1) is 20.5. The highest BCUT2D eigenvalue weighted by Crippen LogP contribution is 2.23. The zero-order valence-corrected chi connectivity index (χ0v) is 16.9. The van der Waals surface area contributed by atoms with E-state index in [2.05, 4.69) is 10.3 Å². The second-order valence-electron chi connectivity index (χ2n) is 6.39. The lowest BCUT2D eigenvalue weighted by Gasteiger charge is -2.09. The summed E-state index contributed by atoms with van der Waals surface area (Å²) in [5, 5.41) is 4.38. The third kappa shape index (κ3) is 5.42. The van der Waals surface area contributed by atoms with E-state index in [1.54, 1.807) is 24.3 Å². The fourth-order valence-corrected chi connectivity index (χ4v) is 3.57. The molecule has 148 valence electrons. The lowest BCUT2D eigenvalue weighted by atomic mass is 10.1. The number of hydrogen-bond acceptors (Lipinski definition) is 6. The molecule has 0 aliphatic heterocycles. The summed E-state index contributed by atoms with van der Waals surface area (Å²) in [6, 6.07) is 16.4. The van der Waals surface area contributed by atoms with Gasteiger partial charge in [0.1, 0.15) is 0 Å². The average Bonchev–Trinajstić information content (AvgIpc) is 2.71. The Morgan fingerprint density at radius 3 is 2.59 bits per heavy atom. The summed E-state index contributed by atoms with van der Waals surface area (Å²) in [4.78, 5) is 40.2. The number of aryl methyl sites for hydroxylation is 1. The minimum atomic E-state index is -0.516. The SMILES string of the molecule is CC(=O)c1ccccc1NC(=O)COC(=O)CSc1cc(C)c2ccccc2n1. The number of rotatable bonds is 7. The summed E-state index contributed by atoms with van der Waals surface area (Å²) in [6.07, 6.45) is 0. The Balaban J connectivity index is 1.51. The van der Waals surface area contributed by atoms with Crippen LogP contribution in [-0.4, -0.2) is 35.0 Å². The van der Waals surface area contributed by atoms with Gasteiger partial charge in [-0.1, -0.05) is 42.1 Å². The second kappa shape index (κ2) is 9.34. The Bertz CT molecular complexity index is 1080. The van der Waals surface area contributed by atoms with Crippen molar-refractivity contribution in [3.63, 3.8) is 0 Å². The molecule has 0 saturated carbocycles. The molecule has 29 heavy (non-hydrogen) atoms. The zero-order valence-electron chi connectivity index (χ0n) is 16.1. The summed E-state index contributed by atoms with van der Waals surface area (Å²) < 4.78 is 5.03. The van der Waals surface area contributed by atoms with E-state index < -0.39 is 18.5 Å². The van der Waals surface area contributed by atoms with E-state index >= 15 is 0 Å². The van der Waals surface area contributed by atoms with E-state index in [1.807, 2.05) is 37.3 Å². The minimum Gasteiger partial charge on any atom is -0.455 e. The molecule has 7 heteroatoms. The number of fused-ring (bicyclic) bond motifs is 1. The fourth-order valence-electron chi connectivity index (χ4n) is 2.80. The highest BCUT2D eigenvalue weighted by atomic mass is 32.2. The predicted molar refractivity (Wildman–Crippen MR) is 113 cm³/mol. The normalized spacial score (nSPS) is 10.6. The first-order chi connectivity index (χ1) is 13.9. The molecule has 1 N–H and O–H groups in total. The van der Waals surface area contributed by atoms with Crippen molar-refractivity contribution in [2.45, 2.75) is 18.9 Å². The molecule has 0 saturated heterocycles. The molecule has 0 fully saturated rings. The van der Waals surface area contributed by atoms with Crippen LogP contribution in [0, 0.1) is 6.92 Å². The number of thioether (sulfide) groups is 1. The van der Waals surface area contributed by atoms with Crippen LogP contribution in [0.1, 0.15) is 22.8 Å². The largest absolute Gasteiger partial charge is 0.455 e. The Kier molecular flexibility index (Phi) is 6.61. The maximum atomic E-state index is 12.0. The van der Waals surface area contributed by atoms with Gasteiger partial charge in [0, 0.05) is 10.9 Å². The smallest absolute Gasteiger partial charge is 0.316 e. The number of aromatic nitrogens is 1.